The summed E-state index contributed by atoms with van der Waals surface area (Å²) in [5, 5.41) is 0. The Morgan fingerprint density at radius 3 is 3.00 bits per heavy atom. The van der Waals surface area contributed by atoms with E-state index in [9.17, 15) is 9.18 Å². The number of benzene rings is 1. The van der Waals surface area contributed by atoms with Crippen LogP contribution in [-0.2, 0) is 11.3 Å². The van der Waals surface area contributed by atoms with Crippen molar-refractivity contribution in [3.05, 3.63) is 29.6 Å². The Balaban J connectivity index is 1.58. The summed E-state index contributed by atoms with van der Waals surface area (Å²) in [5.41, 5.74) is 0.862. The summed E-state index contributed by atoms with van der Waals surface area (Å²) in [5.74, 6) is 0.680. The van der Waals surface area contributed by atoms with Crippen LogP contribution >= 0.6 is 0 Å². The van der Waals surface area contributed by atoms with Gasteiger partial charge in [0.25, 0.3) is 0 Å². The van der Waals surface area contributed by atoms with Crippen molar-refractivity contribution in [1.82, 2.24) is 4.90 Å². The van der Waals surface area contributed by atoms with Crippen LogP contribution in [0.1, 0.15) is 24.8 Å². The molecule has 2 aliphatic carbocycles. The molecule has 0 aromatic heterocycles. The molecule has 2 fully saturated rings. The van der Waals surface area contributed by atoms with Crippen LogP contribution in [0.5, 0.6) is 5.75 Å². The van der Waals surface area contributed by atoms with Crippen LogP contribution in [0.25, 0.3) is 0 Å². The van der Waals surface area contributed by atoms with Gasteiger partial charge in [0.1, 0.15) is 18.2 Å². The monoisotopic (exact) mass is 261 g/mol. The average Bonchev–Trinajstić information content (AvgIpc) is 3.30. The van der Waals surface area contributed by atoms with Crippen molar-refractivity contribution in [3.63, 3.8) is 0 Å². The lowest BCUT2D eigenvalue weighted by atomic mass is 10.1. The Labute approximate surface area is 111 Å². The maximum Gasteiger partial charge on any atom is 0.226 e. The van der Waals surface area contributed by atoms with Gasteiger partial charge in [-0.15, -0.1) is 0 Å². The molecule has 1 spiro atoms. The summed E-state index contributed by atoms with van der Waals surface area (Å²) in [6.07, 6.45) is 3.42. The fourth-order valence-corrected chi connectivity index (χ4v) is 3.18. The molecule has 100 valence electrons. The van der Waals surface area contributed by atoms with E-state index < -0.39 is 0 Å². The van der Waals surface area contributed by atoms with Crippen LogP contribution in [0.15, 0.2) is 18.2 Å². The van der Waals surface area contributed by atoms with Crippen LogP contribution in [0.2, 0.25) is 0 Å². The third-order valence-corrected chi connectivity index (χ3v) is 4.74. The lowest BCUT2D eigenvalue weighted by Gasteiger charge is -2.20. The standard InChI is InChI=1S/C15H16FNO2/c16-12-2-1-3-13-10(12)9-17(6-7-19-13)14(18)11-8-15(11)4-5-15/h1-3,11H,4-9H2. The zero-order chi connectivity index (χ0) is 13.0. The van der Waals surface area contributed by atoms with Crippen LogP contribution in [0, 0.1) is 17.2 Å². The third-order valence-electron chi connectivity index (χ3n) is 4.74. The number of nitrogens with zero attached hydrogens (tertiary/aromatic N) is 1. The van der Waals surface area contributed by atoms with Crippen molar-refractivity contribution in [2.75, 3.05) is 13.2 Å². The van der Waals surface area contributed by atoms with Gasteiger partial charge in [-0.3, -0.25) is 4.79 Å². The van der Waals surface area contributed by atoms with E-state index in [1.807, 2.05) is 0 Å². The Morgan fingerprint density at radius 1 is 1.42 bits per heavy atom. The number of carbonyl (C=O) groups is 1. The summed E-state index contributed by atoms with van der Waals surface area (Å²) >= 11 is 0. The molecule has 1 amide bonds. The molecule has 1 aromatic carbocycles. The number of rotatable bonds is 1. The first kappa shape index (κ1) is 11.3. The fraction of sp³-hybridized carbons (Fsp3) is 0.533. The molecule has 19 heavy (non-hydrogen) atoms. The van der Waals surface area contributed by atoms with Crippen molar-refractivity contribution in [1.29, 1.82) is 0 Å². The average molecular weight is 261 g/mol. The number of hydrogen-bond acceptors (Lipinski definition) is 2. The number of amides is 1. The first-order valence-corrected chi connectivity index (χ1v) is 6.89. The molecule has 4 rings (SSSR count). The highest BCUT2D eigenvalue weighted by atomic mass is 19.1. The second-order valence-electron chi connectivity index (χ2n) is 5.94. The molecule has 0 bridgehead atoms. The van der Waals surface area contributed by atoms with Gasteiger partial charge < -0.3 is 9.64 Å². The van der Waals surface area contributed by atoms with E-state index >= 15 is 0 Å². The quantitative estimate of drug-likeness (QED) is 0.776. The minimum absolute atomic E-state index is 0.192. The molecule has 1 aliphatic heterocycles. The first-order chi connectivity index (χ1) is 9.20. The lowest BCUT2D eigenvalue weighted by Crippen LogP contribution is -2.34. The van der Waals surface area contributed by atoms with Crippen molar-refractivity contribution >= 4 is 5.91 Å². The summed E-state index contributed by atoms with van der Waals surface area (Å²) in [6, 6.07) is 4.84. The predicted octanol–water partition coefficient (Wildman–Crippen LogP) is 2.35. The first-order valence-electron chi connectivity index (χ1n) is 6.89. The van der Waals surface area contributed by atoms with Crippen LogP contribution in [0.4, 0.5) is 4.39 Å². The molecular weight excluding hydrogens is 245 g/mol. The Hall–Kier alpha value is -1.58. The molecule has 1 atom stereocenters. The highest BCUT2D eigenvalue weighted by Gasteiger charge is 2.66. The highest BCUT2D eigenvalue weighted by molar-refractivity contribution is 5.83. The second-order valence-corrected chi connectivity index (χ2v) is 5.94. The van der Waals surface area contributed by atoms with Gasteiger partial charge >= 0.3 is 0 Å². The smallest absolute Gasteiger partial charge is 0.226 e. The highest BCUT2D eigenvalue weighted by Crippen LogP contribution is 2.71. The second kappa shape index (κ2) is 3.71. The van der Waals surface area contributed by atoms with Crippen molar-refractivity contribution in [2.24, 2.45) is 11.3 Å². The minimum Gasteiger partial charge on any atom is -0.491 e. The van der Waals surface area contributed by atoms with Crippen LogP contribution < -0.4 is 4.74 Å². The number of ether oxygens (including phenoxy) is 1. The Kier molecular flexibility index (Phi) is 2.20. The SMILES string of the molecule is O=C(C1CC12CC2)N1CCOc2cccc(F)c2C1. The molecule has 0 radical (unpaired) electrons. The molecule has 0 N–H and O–H groups in total. The van der Waals surface area contributed by atoms with Gasteiger partial charge in [0.2, 0.25) is 5.91 Å². The summed E-state index contributed by atoms with van der Waals surface area (Å²) in [7, 11) is 0. The van der Waals surface area contributed by atoms with Gasteiger partial charge in [0.05, 0.1) is 13.1 Å². The van der Waals surface area contributed by atoms with Crippen LogP contribution in [-0.4, -0.2) is 24.0 Å². The number of fused-ring (bicyclic) bond motifs is 1. The molecule has 4 heteroatoms. The van der Waals surface area contributed by atoms with E-state index in [0.717, 1.165) is 6.42 Å². The maximum absolute atomic E-state index is 13.9. The lowest BCUT2D eigenvalue weighted by molar-refractivity contribution is -0.133. The summed E-state index contributed by atoms with van der Waals surface area (Å²) < 4.78 is 19.4. The minimum atomic E-state index is -0.283. The van der Waals surface area contributed by atoms with Gasteiger partial charge in [-0.2, -0.15) is 0 Å². The molecule has 1 heterocycles. The fourth-order valence-electron chi connectivity index (χ4n) is 3.18. The van der Waals surface area contributed by atoms with Gasteiger partial charge in [-0.1, -0.05) is 6.07 Å². The van der Waals surface area contributed by atoms with E-state index in [4.69, 9.17) is 4.74 Å². The van der Waals surface area contributed by atoms with E-state index in [2.05, 4.69) is 0 Å². The number of hydrogen-bond donors (Lipinski definition) is 0. The summed E-state index contributed by atoms with van der Waals surface area (Å²) in [4.78, 5) is 14.2. The topological polar surface area (TPSA) is 29.5 Å². The predicted molar refractivity (Wildman–Crippen MR) is 67.1 cm³/mol. The van der Waals surface area contributed by atoms with Crippen molar-refractivity contribution in [2.45, 2.75) is 25.8 Å². The van der Waals surface area contributed by atoms with Gasteiger partial charge in [-0.25, -0.2) is 4.39 Å². The van der Waals surface area contributed by atoms with Crippen molar-refractivity contribution < 1.29 is 13.9 Å². The number of carbonyl (C=O) groups excluding carboxylic acids is 1. The molecule has 1 aromatic rings. The molecule has 2 saturated carbocycles. The third kappa shape index (κ3) is 1.73. The van der Waals surface area contributed by atoms with Gasteiger partial charge in [-0.05, 0) is 36.8 Å². The zero-order valence-corrected chi connectivity index (χ0v) is 10.7. The number of halogens is 1. The molecule has 0 saturated heterocycles. The Morgan fingerprint density at radius 2 is 2.26 bits per heavy atom. The zero-order valence-electron chi connectivity index (χ0n) is 10.7. The van der Waals surface area contributed by atoms with E-state index in [0.29, 0.717) is 36.4 Å². The molecular formula is C15H16FNO2. The van der Waals surface area contributed by atoms with Gasteiger partial charge in [0.15, 0.2) is 0 Å². The molecule has 3 aliphatic rings. The van der Waals surface area contributed by atoms with Crippen molar-refractivity contribution in [3.8, 4) is 5.75 Å². The summed E-state index contributed by atoms with van der Waals surface area (Å²) in [6.45, 7) is 1.34. The molecule has 3 nitrogen and oxygen atoms in total. The normalized spacial score (nSPS) is 26.4. The van der Waals surface area contributed by atoms with Crippen LogP contribution in [0.3, 0.4) is 0 Å². The molecule has 1 unspecified atom stereocenters. The largest absolute Gasteiger partial charge is 0.491 e. The van der Waals surface area contributed by atoms with E-state index in [1.54, 1.807) is 17.0 Å². The van der Waals surface area contributed by atoms with Gasteiger partial charge in [0, 0.05) is 11.5 Å². The maximum atomic E-state index is 13.9. The van der Waals surface area contributed by atoms with E-state index in [-0.39, 0.29) is 17.6 Å². The van der Waals surface area contributed by atoms with E-state index in [1.165, 1.54) is 18.9 Å². The Bertz CT molecular complexity index is 553.